The number of pyridine rings is 1. The molecule has 0 fully saturated rings. The van der Waals surface area contributed by atoms with Crippen molar-refractivity contribution < 1.29 is 9.18 Å². The lowest BCUT2D eigenvalue weighted by Crippen LogP contribution is -2.00. The Labute approximate surface area is 70.4 Å². The Morgan fingerprint density at radius 2 is 2.17 bits per heavy atom. The Hall–Kier alpha value is -1.25. The largest absolute Gasteiger partial charge is 0.298 e. The van der Waals surface area contributed by atoms with Crippen LogP contribution in [0.5, 0.6) is 0 Å². The second-order valence-corrected chi connectivity index (χ2v) is 2.88. The van der Waals surface area contributed by atoms with Gasteiger partial charge in [-0.2, -0.15) is 4.39 Å². The van der Waals surface area contributed by atoms with Crippen molar-refractivity contribution in [3.05, 3.63) is 29.3 Å². The van der Waals surface area contributed by atoms with E-state index in [0.717, 1.165) is 0 Å². The third-order valence-electron chi connectivity index (χ3n) is 1.60. The van der Waals surface area contributed by atoms with Gasteiger partial charge in [0.15, 0.2) is 6.29 Å². The highest BCUT2D eigenvalue weighted by Gasteiger charge is 2.08. The van der Waals surface area contributed by atoms with E-state index in [1.54, 1.807) is 0 Å². The summed E-state index contributed by atoms with van der Waals surface area (Å²) in [5.74, 6) is -0.467. The highest BCUT2D eigenvalue weighted by Crippen LogP contribution is 2.15. The standard InChI is InChI=1S/C9H10FNO/c1-6(2)9-7(5-12)3-4-8(10)11-9/h3-6H,1-2H3. The first-order chi connectivity index (χ1) is 5.65. The van der Waals surface area contributed by atoms with Gasteiger partial charge < -0.3 is 0 Å². The molecule has 0 aromatic carbocycles. The fourth-order valence-corrected chi connectivity index (χ4v) is 1.02. The molecule has 1 aromatic rings. The summed E-state index contributed by atoms with van der Waals surface area (Å²) in [6.07, 6.45) is 0.696. The molecule has 64 valence electrons. The second-order valence-electron chi connectivity index (χ2n) is 2.88. The van der Waals surface area contributed by atoms with Crippen LogP contribution < -0.4 is 0 Å². The van der Waals surface area contributed by atoms with Gasteiger partial charge in [0.05, 0.1) is 5.69 Å². The van der Waals surface area contributed by atoms with E-state index in [-0.39, 0.29) is 5.92 Å². The molecule has 0 spiro atoms. The maximum absolute atomic E-state index is 12.6. The molecule has 0 aliphatic rings. The molecule has 0 N–H and O–H groups in total. The van der Waals surface area contributed by atoms with Gasteiger partial charge in [-0.25, -0.2) is 4.98 Å². The van der Waals surface area contributed by atoms with Crippen LogP contribution >= 0.6 is 0 Å². The molecule has 1 rings (SSSR count). The van der Waals surface area contributed by atoms with Crippen molar-refractivity contribution >= 4 is 6.29 Å². The van der Waals surface area contributed by atoms with Crippen molar-refractivity contribution in [1.29, 1.82) is 0 Å². The molecule has 1 aromatic heterocycles. The lowest BCUT2D eigenvalue weighted by molar-refractivity contribution is 0.112. The molecular weight excluding hydrogens is 157 g/mol. The smallest absolute Gasteiger partial charge is 0.213 e. The molecule has 0 radical (unpaired) electrons. The minimum absolute atomic E-state index is 0.0703. The minimum Gasteiger partial charge on any atom is -0.298 e. The van der Waals surface area contributed by atoms with Gasteiger partial charge in [0, 0.05) is 5.56 Å². The monoisotopic (exact) mass is 167 g/mol. The first-order valence-corrected chi connectivity index (χ1v) is 3.76. The summed E-state index contributed by atoms with van der Waals surface area (Å²) in [6, 6.07) is 2.64. The molecular formula is C9H10FNO. The number of hydrogen-bond acceptors (Lipinski definition) is 2. The Kier molecular flexibility index (Phi) is 2.53. The summed E-state index contributed by atoms with van der Waals surface area (Å²) in [5, 5.41) is 0. The van der Waals surface area contributed by atoms with Gasteiger partial charge in [-0.05, 0) is 18.1 Å². The van der Waals surface area contributed by atoms with Crippen LogP contribution in [0.4, 0.5) is 4.39 Å². The number of rotatable bonds is 2. The van der Waals surface area contributed by atoms with Gasteiger partial charge in [-0.3, -0.25) is 4.79 Å². The van der Waals surface area contributed by atoms with E-state index in [2.05, 4.69) is 4.98 Å². The molecule has 0 atom stereocenters. The summed E-state index contributed by atoms with van der Waals surface area (Å²) < 4.78 is 12.6. The van der Waals surface area contributed by atoms with Crippen LogP contribution in [0.25, 0.3) is 0 Å². The molecule has 3 heteroatoms. The molecule has 1 heterocycles. The Morgan fingerprint density at radius 1 is 1.50 bits per heavy atom. The lowest BCUT2D eigenvalue weighted by Gasteiger charge is -2.06. The van der Waals surface area contributed by atoms with E-state index < -0.39 is 5.95 Å². The van der Waals surface area contributed by atoms with E-state index in [4.69, 9.17) is 0 Å². The lowest BCUT2D eigenvalue weighted by atomic mass is 10.1. The molecule has 0 saturated carbocycles. The second kappa shape index (κ2) is 3.43. The SMILES string of the molecule is CC(C)c1nc(F)ccc1C=O. The van der Waals surface area contributed by atoms with Gasteiger partial charge >= 0.3 is 0 Å². The van der Waals surface area contributed by atoms with Gasteiger partial charge in [0.1, 0.15) is 0 Å². The van der Waals surface area contributed by atoms with Crippen molar-refractivity contribution in [1.82, 2.24) is 4.98 Å². The van der Waals surface area contributed by atoms with Crippen molar-refractivity contribution in [2.24, 2.45) is 0 Å². The Balaban J connectivity index is 3.21. The highest BCUT2D eigenvalue weighted by molar-refractivity contribution is 5.76. The molecule has 0 aliphatic heterocycles. The fourth-order valence-electron chi connectivity index (χ4n) is 1.02. The maximum atomic E-state index is 12.6. The van der Waals surface area contributed by atoms with Gasteiger partial charge in [0.2, 0.25) is 5.95 Å². The van der Waals surface area contributed by atoms with Crippen LogP contribution in [0, 0.1) is 5.95 Å². The number of nitrogens with zero attached hydrogens (tertiary/aromatic N) is 1. The summed E-state index contributed by atoms with van der Waals surface area (Å²) in [7, 11) is 0. The number of carbonyl (C=O) groups is 1. The Bertz CT molecular complexity index is 297. The number of aromatic nitrogens is 1. The molecule has 0 bridgehead atoms. The van der Waals surface area contributed by atoms with Crippen LogP contribution in [-0.4, -0.2) is 11.3 Å². The van der Waals surface area contributed by atoms with Crippen molar-refractivity contribution in [2.45, 2.75) is 19.8 Å². The highest BCUT2D eigenvalue weighted by atomic mass is 19.1. The topological polar surface area (TPSA) is 30.0 Å². The molecule has 0 unspecified atom stereocenters. The van der Waals surface area contributed by atoms with Gasteiger partial charge in [-0.15, -0.1) is 0 Å². The summed E-state index contributed by atoms with van der Waals surface area (Å²) >= 11 is 0. The average molecular weight is 167 g/mol. The Morgan fingerprint density at radius 3 is 2.67 bits per heavy atom. The van der Waals surface area contributed by atoms with Gasteiger partial charge in [-0.1, -0.05) is 13.8 Å². The third kappa shape index (κ3) is 1.67. The van der Waals surface area contributed by atoms with E-state index in [0.29, 0.717) is 17.5 Å². The van der Waals surface area contributed by atoms with Crippen molar-refractivity contribution in [2.75, 3.05) is 0 Å². The van der Waals surface area contributed by atoms with Crippen LogP contribution in [0.3, 0.4) is 0 Å². The normalized spacial score (nSPS) is 10.3. The number of aldehydes is 1. The summed E-state index contributed by atoms with van der Waals surface area (Å²) in [6.45, 7) is 3.74. The summed E-state index contributed by atoms with van der Waals surface area (Å²) in [5.41, 5.74) is 0.983. The number of halogens is 1. The quantitative estimate of drug-likeness (QED) is 0.499. The van der Waals surface area contributed by atoms with E-state index in [1.807, 2.05) is 13.8 Å². The predicted octanol–water partition coefficient (Wildman–Crippen LogP) is 2.16. The van der Waals surface area contributed by atoms with Crippen LogP contribution in [0.15, 0.2) is 12.1 Å². The molecule has 0 amide bonds. The van der Waals surface area contributed by atoms with Crippen LogP contribution in [-0.2, 0) is 0 Å². The fraction of sp³-hybridized carbons (Fsp3) is 0.333. The predicted molar refractivity (Wildman–Crippen MR) is 43.7 cm³/mol. The number of hydrogen-bond donors (Lipinski definition) is 0. The zero-order chi connectivity index (χ0) is 9.14. The zero-order valence-electron chi connectivity index (χ0n) is 7.04. The molecule has 2 nitrogen and oxygen atoms in total. The first-order valence-electron chi connectivity index (χ1n) is 3.76. The van der Waals surface area contributed by atoms with Crippen LogP contribution in [0.2, 0.25) is 0 Å². The maximum Gasteiger partial charge on any atom is 0.213 e. The van der Waals surface area contributed by atoms with Crippen LogP contribution in [0.1, 0.15) is 35.8 Å². The van der Waals surface area contributed by atoms with Gasteiger partial charge in [0.25, 0.3) is 0 Å². The summed E-state index contributed by atoms with van der Waals surface area (Å²) in [4.78, 5) is 14.1. The van der Waals surface area contributed by atoms with E-state index in [1.165, 1.54) is 12.1 Å². The zero-order valence-corrected chi connectivity index (χ0v) is 7.04. The minimum atomic E-state index is -0.538. The van der Waals surface area contributed by atoms with E-state index >= 15 is 0 Å². The molecule has 12 heavy (non-hydrogen) atoms. The number of carbonyl (C=O) groups excluding carboxylic acids is 1. The van der Waals surface area contributed by atoms with E-state index in [9.17, 15) is 9.18 Å². The third-order valence-corrected chi connectivity index (χ3v) is 1.60. The van der Waals surface area contributed by atoms with Crippen molar-refractivity contribution in [3.8, 4) is 0 Å². The molecule has 0 aliphatic carbocycles. The average Bonchev–Trinajstić information content (AvgIpc) is 2.04. The first kappa shape index (κ1) is 8.84. The van der Waals surface area contributed by atoms with Crippen molar-refractivity contribution in [3.63, 3.8) is 0 Å². The molecule has 0 saturated heterocycles.